The number of nitrogens with two attached hydrogens (primary N) is 1. The van der Waals surface area contributed by atoms with Crippen LogP contribution in [-0.4, -0.2) is 73.9 Å². The normalized spacial score (nSPS) is 15.8. The number of nitrogens with one attached hydrogen (secondary N) is 1. The highest BCUT2D eigenvalue weighted by molar-refractivity contribution is 5.86. The molecule has 1 fully saturated rings. The molecule has 0 aromatic heterocycles. The predicted molar refractivity (Wildman–Crippen MR) is 97.9 cm³/mol. The Kier molecular flexibility index (Phi) is 16.5. The molecule has 0 unspecified atom stereocenters. The van der Waals surface area contributed by atoms with Gasteiger partial charge in [0.05, 0.1) is 0 Å². The summed E-state index contributed by atoms with van der Waals surface area (Å²) in [6.07, 6.45) is -0.339. The number of ether oxygens (including phenoxy) is 1. The summed E-state index contributed by atoms with van der Waals surface area (Å²) >= 11 is 0. The number of halogens is 3. The fourth-order valence-electron chi connectivity index (χ4n) is 2.05. The first kappa shape index (κ1) is 26.9. The Labute approximate surface area is 152 Å². The van der Waals surface area contributed by atoms with Gasteiger partial charge in [0, 0.05) is 52.4 Å². The fraction of sp³-hybridized carbons (Fsp3) is 0.923. The van der Waals surface area contributed by atoms with Gasteiger partial charge in [-0.3, -0.25) is 9.80 Å². The van der Waals surface area contributed by atoms with Gasteiger partial charge in [0.15, 0.2) is 0 Å². The smallest absolute Gasteiger partial charge is 0.407 e. The lowest BCUT2D eigenvalue weighted by molar-refractivity contribution is 0.0516. The number of carbonyl (C=O) groups excluding carboxylic acids is 1. The number of nitrogens with zero attached hydrogens (tertiary/aromatic N) is 2. The van der Waals surface area contributed by atoms with E-state index >= 15 is 0 Å². The lowest BCUT2D eigenvalue weighted by Crippen LogP contribution is -2.49. The molecule has 0 aromatic rings. The quantitative estimate of drug-likeness (QED) is 0.752. The highest BCUT2D eigenvalue weighted by Gasteiger charge is 2.17. The summed E-state index contributed by atoms with van der Waals surface area (Å²) in [5.74, 6) is 0. The first-order chi connectivity index (χ1) is 8.90. The third-order valence-electron chi connectivity index (χ3n) is 3.01. The van der Waals surface area contributed by atoms with Gasteiger partial charge in [-0.1, -0.05) is 0 Å². The molecule has 0 radical (unpaired) electrons. The monoisotopic (exact) mass is 380 g/mol. The van der Waals surface area contributed by atoms with Crippen molar-refractivity contribution in [2.24, 2.45) is 5.73 Å². The minimum atomic E-state index is -0.433. The second kappa shape index (κ2) is 13.5. The zero-order valence-electron chi connectivity index (χ0n) is 13.7. The average Bonchev–Trinajstić information content (AvgIpc) is 2.29. The van der Waals surface area contributed by atoms with Crippen molar-refractivity contribution in [3.63, 3.8) is 0 Å². The molecule has 1 aliphatic rings. The molecular formula is C13H31Cl3N4O2. The van der Waals surface area contributed by atoms with Gasteiger partial charge in [-0.15, -0.1) is 37.2 Å². The van der Waals surface area contributed by atoms with Crippen LogP contribution in [-0.2, 0) is 4.74 Å². The molecule has 0 bridgehead atoms. The van der Waals surface area contributed by atoms with E-state index < -0.39 is 5.60 Å². The minimum Gasteiger partial charge on any atom is -0.444 e. The summed E-state index contributed by atoms with van der Waals surface area (Å²) in [5, 5.41) is 2.79. The molecule has 0 saturated carbocycles. The van der Waals surface area contributed by atoms with Crippen molar-refractivity contribution in [1.82, 2.24) is 15.1 Å². The second-order valence-electron chi connectivity index (χ2n) is 5.90. The number of piperazine rings is 1. The SMILES string of the molecule is CC(C)(C)OC(=O)NCCN1CCN(CCN)CC1.Cl.Cl.Cl. The van der Waals surface area contributed by atoms with Crippen LogP contribution in [0.3, 0.4) is 0 Å². The van der Waals surface area contributed by atoms with E-state index in [1.807, 2.05) is 20.8 Å². The molecule has 1 aliphatic heterocycles. The highest BCUT2D eigenvalue weighted by atomic mass is 35.5. The molecule has 136 valence electrons. The molecule has 1 amide bonds. The molecule has 22 heavy (non-hydrogen) atoms. The maximum atomic E-state index is 11.5. The molecular weight excluding hydrogens is 351 g/mol. The lowest BCUT2D eigenvalue weighted by atomic mass is 10.2. The van der Waals surface area contributed by atoms with Crippen molar-refractivity contribution in [1.29, 1.82) is 0 Å². The summed E-state index contributed by atoms with van der Waals surface area (Å²) in [6.45, 7) is 13.0. The first-order valence-corrected chi connectivity index (χ1v) is 7.02. The standard InChI is InChI=1S/C13H28N4O2.3ClH/c1-13(2,3)19-12(18)15-5-7-17-10-8-16(6-4-14)9-11-17;;;/h4-11,14H2,1-3H3,(H,15,18);3*1H. The molecule has 9 heteroatoms. The van der Waals surface area contributed by atoms with E-state index in [0.29, 0.717) is 6.54 Å². The topological polar surface area (TPSA) is 70.8 Å². The molecule has 0 aliphatic carbocycles. The molecule has 0 atom stereocenters. The van der Waals surface area contributed by atoms with Crippen LogP contribution in [0.15, 0.2) is 0 Å². The van der Waals surface area contributed by atoms with Crippen LogP contribution in [0.2, 0.25) is 0 Å². The molecule has 1 heterocycles. The van der Waals surface area contributed by atoms with Crippen LogP contribution >= 0.6 is 37.2 Å². The highest BCUT2D eigenvalue weighted by Crippen LogP contribution is 2.06. The average molecular weight is 382 g/mol. The number of amides is 1. The third-order valence-corrected chi connectivity index (χ3v) is 3.01. The van der Waals surface area contributed by atoms with Crippen molar-refractivity contribution in [3.05, 3.63) is 0 Å². The van der Waals surface area contributed by atoms with Gasteiger partial charge in [-0.05, 0) is 20.8 Å². The number of hydrogen-bond acceptors (Lipinski definition) is 5. The number of hydrogen-bond donors (Lipinski definition) is 2. The fourth-order valence-corrected chi connectivity index (χ4v) is 2.05. The van der Waals surface area contributed by atoms with Crippen LogP contribution in [0.25, 0.3) is 0 Å². The Morgan fingerprint density at radius 2 is 1.50 bits per heavy atom. The van der Waals surface area contributed by atoms with Gasteiger partial charge in [0.1, 0.15) is 5.60 Å². The van der Waals surface area contributed by atoms with Gasteiger partial charge in [0.2, 0.25) is 0 Å². The van der Waals surface area contributed by atoms with E-state index in [4.69, 9.17) is 10.5 Å². The zero-order valence-corrected chi connectivity index (χ0v) is 16.1. The summed E-state index contributed by atoms with van der Waals surface area (Å²) in [5.41, 5.74) is 5.11. The first-order valence-electron chi connectivity index (χ1n) is 7.02. The maximum absolute atomic E-state index is 11.5. The largest absolute Gasteiger partial charge is 0.444 e. The van der Waals surface area contributed by atoms with Crippen molar-refractivity contribution < 1.29 is 9.53 Å². The van der Waals surface area contributed by atoms with Gasteiger partial charge in [-0.25, -0.2) is 4.79 Å². The van der Waals surface area contributed by atoms with E-state index in [0.717, 1.165) is 45.8 Å². The Morgan fingerprint density at radius 1 is 1.05 bits per heavy atom. The number of carbonyl (C=O) groups is 1. The van der Waals surface area contributed by atoms with Crippen LogP contribution in [0.5, 0.6) is 0 Å². The van der Waals surface area contributed by atoms with Crippen LogP contribution < -0.4 is 11.1 Å². The van der Waals surface area contributed by atoms with Crippen molar-refractivity contribution >= 4 is 43.3 Å². The summed E-state index contributed by atoms with van der Waals surface area (Å²) < 4.78 is 5.19. The van der Waals surface area contributed by atoms with E-state index in [9.17, 15) is 4.79 Å². The summed E-state index contributed by atoms with van der Waals surface area (Å²) in [4.78, 5) is 16.2. The number of rotatable bonds is 5. The van der Waals surface area contributed by atoms with E-state index in [1.165, 1.54) is 0 Å². The summed E-state index contributed by atoms with van der Waals surface area (Å²) in [7, 11) is 0. The Bertz CT molecular complexity index is 283. The Morgan fingerprint density at radius 3 is 1.91 bits per heavy atom. The maximum Gasteiger partial charge on any atom is 0.407 e. The lowest BCUT2D eigenvalue weighted by Gasteiger charge is -2.34. The molecule has 0 spiro atoms. The Balaban J connectivity index is -0.00000120. The molecule has 3 N–H and O–H groups in total. The predicted octanol–water partition coefficient (Wildman–Crippen LogP) is 1.35. The molecule has 1 rings (SSSR count). The third kappa shape index (κ3) is 12.6. The zero-order chi connectivity index (χ0) is 14.3. The second-order valence-corrected chi connectivity index (χ2v) is 5.90. The van der Waals surface area contributed by atoms with E-state index in [2.05, 4.69) is 15.1 Å². The van der Waals surface area contributed by atoms with Gasteiger partial charge in [-0.2, -0.15) is 0 Å². The van der Waals surface area contributed by atoms with Gasteiger partial charge in [0.25, 0.3) is 0 Å². The molecule has 6 nitrogen and oxygen atoms in total. The summed E-state index contributed by atoms with van der Waals surface area (Å²) in [6, 6.07) is 0. The van der Waals surface area contributed by atoms with Crippen LogP contribution in [0.4, 0.5) is 4.79 Å². The van der Waals surface area contributed by atoms with Crippen LogP contribution in [0, 0.1) is 0 Å². The van der Waals surface area contributed by atoms with Crippen molar-refractivity contribution in [2.45, 2.75) is 26.4 Å². The van der Waals surface area contributed by atoms with Crippen molar-refractivity contribution in [3.8, 4) is 0 Å². The van der Waals surface area contributed by atoms with Gasteiger partial charge < -0.3 is 15.8 Å². The number of alkyl carbamates (subject to hydrolysis) is 1. The van der Waals surface area contributed by atoms with E-state index in [-0.39, 0.29) is 43.3 Å². The molecule has 0 aromatic carbocycles. The Hall–Kier alpha value is 0.0200. The van der Waals surface area contributed by atoms with Crippen LogP contribution in [0.1, 0.15) is 20.8 Å². The minimum absolute atomic E-state index is 0. The van der Waals surface area contributed by atoms with E-state index in [1.54, 1.807) is 0 Å². The van der Waals surface area contributed by atoms with Crippen molar-refractivity contribution in [2.75, 3.05) is 52.4 Å². The molecule has 1 saturated heterocycles. The van der Waals surface area contributed by atoms with Gasteiger partial charge >= 0.3 is 6.09 Å².